The van der Waals surface area contributed by atoms with Gasteiger partial charge in [-0.2, -0.15) is 18.3 Å². The number of pyridine rings is 1. The lowest BCUT2D eigenvalue weighted by Crippen LogP contribution is -2.21. The molecule has 2 fully saturated rings. The molecule has 208 valence electrons. The van der Waals surface area contributed by atoms with Crippen molar-refractivity contribution in [3.63, 3.8) is 0 Å². The molecule has 2 aliphatic rings. The number of rotatable bonds is 7. The number of hydrogen-bond acceptors (Lipinski definition) is 7. The Bertz CT molecular complexity index is 1840. The fourth-order valence-electron chi connectivity index (χ4n) is 5.09. The standard InChI is InChI=1S/C29H24F3N7O2/c1-41-28-24(25(18-6-7-18)34-15-35-28)26-33-13-19-8-11-23(40)38(27(19)36-26)14-16-2-9-20(10-3-16)39-21(17-4-5-17)12-22(37-39)29(30,31)32/h2-3,8-13,15,17-18H,4-7,14H2,1H3. The average molecular weight is 560 g/mol. The summed E-state index contributed by atoms with van der Waals surface area (Å²) in [5.41, 5.74) is 2.62. The Kier molecular flexibility index (Phi) is 5.87. The van der Waals surface area contributed by atoms with Gasteiger partial charge in [0.25, 0.3) is 5.56 Å². The lowest BCUT2D eigenvalue weighted by Gasteiger charge is -2.13. The molecule has 0 aliphatic heterocycles. The highest BCUT2D eigenvalue weighted by Crippen LogP contribution is 2.45. The molecule has 41 heavy (non-hydrogen) atoms. The highest BCUT2D eigenvalue weighted by atomic mass is 19.4. The quantitative estimate of drug-likeness (QED) is 0.268. The van der Waals surface area contributed by atoms with Crippen molar-refractivity contribution in [3.05, 3.63) is 88.0 Å². The van der Waals surface area contributed by atoms with Gasteiger partial charge in [-0.25, -0.2) is 24.6 Å². The summed E-state index contributed by atoms with van der Waals surface area (Å²) in [4.78, 5) is 31.1. The van der Waals surface area contributed by atoms with Crippen LogP contribution in [0.3, 0.4) is 0 Å². The van der Waals surface area contributed by atoms with E-state index in [0.29, 0.717) is 45.6 Å². The second-order valence-corrected chi connectivity index (χ2v) is 10.5. The van der Waals surface area contributed by atoms with Crippen molar-refractivity contribution >= 4 is 11.0 Å². The molecule has 0 spiro atoms. The molecule has 1 aromatic carbocycles. The third kappa shape index (κ3) is 4.72. The van der Waals surface area contributed by atoms with E-state index < -0.39 is 11.9 Å². The molecular formula is C29H24F3N7O2. The first kappa shape index (κ1) is 25.4. The molecule has 9 nitrogen and oxygen atoms in total. The zero-order chi connectivity index (χ0) is 28.3. The Morgan fingerprint density at radius 1 is 0.976 bits per heavy atom. The van der Waals surface area contributed by atoms with Gasteiger partial charge < -0.3 is 4.74 Å². The first-order chi connectivity index (χ1) is 19.8. The number of fused-ring (bicyclic) bond motifs is 1. The van der Waals surface area contributed by atoms with Gasteiger partial charge in [0.2, 0.25) is 5.88 Å². The maximum Gasteiger partial charge on any atom is 0.435 e. The second kappa shape index (κ2) is 9.50. The minimum absolute atomic E-state index is 0.0792. The van der Waals surface area contributed by atoms with Crippen LogP contribution in [0.1, 0.15) is 60.2 Å². The third-order valence-electron chi connectivity index (χ3n) is 7.49. The predicted octanol–water partition coefficient (Wildman–Crippen LogP) is 5.26. The summed E-state index contributed by atoms with van der Waals surface area (Å²) in [5, 5.41) is 4.54. The minimum atomic E-state index is -4.51. The van der Waals surface area contributed by atoms with Crippen molar-refractivity contribution in [1.29, 1.82) is 0 Å². The van der Waals surface area contributed by atoms with Crippen LogP contribution in [0.4, 0.5) is 13.2 Å². The lowest BCUT2D eigenvalue weighted by molar-refractivity contribution is -0.141. The van der Waals surface area contributed by atoms with E-state index in [0.717, 1.165) is 43.0 Å². The average Bonchev–Trinajstić information content (AvgIpc) is 3.92. The summed E-state index contributed by atoms with van der Waals surface area (Å²) in [6.07, 6.45) is 2.34. The predicted molar refractivity (Wildman–Crippen MR) is 143 cm³/mol. The molecule has 0 unspecified atom stereocenters. The van der Waals surface area contributed by atoms with E-state index in [-0.39, 0.29) is 18.0 Å². The van der Waals surface area contributed by atoms with Gasteiger partial charge in [0.1, 0.15) is 17.5 Å². The Balaban J connectivity index is 1.25. The normalized spacial score (nSPS) is 15.4. The van der Waals surface area contributed by atoms with Crippen molar-refractivity contribution in [2.75, 3.05) is 7.11 Å². The number of aromatic nitrogens is 7. The molecule has 12 heteroatoms. The van der Waals surface area contributed by atoms with Crippen molar-refractivity contribution in [1.82, 2.24) is 34.3 Å². The number of benzene rings is 1. The summed E-state index contributed by atoms with van der Waals surface area (Å²) in [7, 11) is 1.53. The van der Waals surface area contributed by atoms with E-state index in [2.05, 4.69) is 20.1 Å². The van der Waals surface area contributed by atoms with Crippen molar-refractivity contribution in [3.8, 4) is 23.0 Å². The number of methoxy groups -OCH3 is 1. The molecule has 4 aromatic heterocycles. The van der Waals surface area contributed by atoms with E-state index in [4.69, 9.17) is 9.72 Å². The van der Waals surface area contributed by atoms with Gasteiger partial charge in [0, 0.05) is 35.2 Å². The third-order valence-corrected chi connectivity index (χ3v) is 7.49. The molecule has 0 radical (unpaired) electrons. The van der Waals surface area contributed by atoms with Crippen LogP contribution in [0.2, 0.25) is 0 Å². The van der Waals surface area contributed by atoms with E-state index in [1.54, 1.807) is 41.1 Å². The molecule has 0 amide bonds. The summed E-state index contributed by atoms with van der Waals surface area (Å²) in [6, 6.07) is 11.3. The second-order valence-electron chi connectivity index (χ2n) is 10.5. The summed E-state index contributed by atoms with van der Waals surface area (Å²) < 4.78 is 48.5. The topological polar surface area (TPSA) is 101 Å². The van der Waals surface area contributed by atoms with Crippen LogP contribution in [0.25, 0.3) is 28.1 Å². The summed E-state index contributed by atoms with van der Waals surface area (Å²) >= 11 is 0. The summed E-state index contributed by atoms with van der Waals surface area (Å²) in [6.45, 7) is 0.202. The number of alkyl halides is 3. The Labute approximate surface area is 231 Å². The Morgan fingerprint density at radius 2 is 1.73 bits per heavy atom. The number of nitrogens with zero attached hydrogens (tertiary/aromatic N) is 7. The molecular weight excluding hydrogens is 535 g/mol. The van der Waals surface area contributed by atoms with Gasteiger partial charge in [-0.15, -0.1) is 0 Å². The van der Waals surface area contributed by atoms with Gasteiger partial charge in [0.15, 0.2) is 11.5 Å². The molecule has 0 atom stereocenters. The fraction of sp³-hybridized carbons (Fsp3) is 0.310. The Hall–Kier alpha value is -4.61. The van der Waals surface area contributed by atoms with E-state index in [1.807, 2.05) is 0 Å². The molecule has 0 bridgehead atoms. The molecule has 4 heterocycles. The fourth-order valence-corrected chi connectivity index (χ4v) is 5.09. The summed E-state index contributed by atoms with van der Waals surface area (Å²) in [5.74, 6) is 1.12. The number of halogens is 3. The molecule has 0 saturated heterocycles. The molecule has 7 rings (SSSR count). The maximum atomic E-state index is 13.4. The highest BCUT2D eigenvalue weighted by Gasteiger charge is 2.38. The number of ether oxygens (including phenoxy) is 1. The lowest BCUT2D eigenvalue weighted by atomic mass is 10.1. The molecule has 2 aliphatic carbocycles. The van der Waals surface area contributed by atoms with E-state index >= 15 is 0 Å². The monoisotopic (exact) mass is 559 g/mol. The first-order valence-electron chi connectivity index (χ1n) is 13.3. The first-order valence-corrected chi connectivity index (χ1v) is 13.3. The van der Waals surface area contributed by atoms with E-state index in [9.17, 15) is 18.0 Å². The molecule has 2 saturated carbocycles. The maximum absolute atomic E-state index is 13.4. The smallest absolute Gasteiger partial charge is 0.435 e. The van der Waals surface area contributed by atoms with Crippen LogP contribution in [0.15, 0.2) is 59.8 Å². The molecule has 5 aromatic rings. The van der Waals surface area contributed by atoms with Gasteiger partial charge in [-0.1, -0.05) is 12.1 Å². The number of hydrogen-bond donors (Lipinski definition) is 0. The van der Waals surface area contributed by atoms with Crippen molar-refractivity contribution < 1.29 is 17.9 Å². The van der Waals surface area contributed by atoms with Crippen LogP contribution < -0.4 is 10.3 Å². The van der Waals surface area contributed by atoms with Crippen LogP contribution in [-0.2, 0) is 12.7 Å². The molecule has 0 N–H and O–H groups in total. The van der Waals surface area contributed by atoms with Crippen LogP contribution >= 0.6 is 0 Å². The largest absolute Gasteiger partial charge is 0.480 e. The zero-order valence-corrected chi connectivity index (χ0v) is 22.0. The van der Waals surface area contributed by atoms with Crippen molar-refractivity contribution in [2.24, 2.45) is 0 Å². The minimum Gasteiger partial charge on any atom is -0.480 e. The van der Waals surface area contributed by atoms with Gasteiger partial charge in [-0.05, 0) is 55.5 Å². The Morgan fingerprint density at radius 3 is 2.41 bits per heavy atom. The highest BCUT2D eigenvalue weighted by molar-refractivity contribution is 5.78. The zero-order valence-electron chi connectivity index (χ0n) is 22.0. The van der Waals surface area contributed by atoms with Crippen LogP contribution in [0.5, 0.6) is 5.88 Å². The van der Waals surface area contributed by atoms with Crippen molar-refractivity contribution in [2.45, 2.75) is 50.2 Å². The van der Waals surface area contributed by atoms with Crippen LogP contribution in [0, 0.1) is 0 Å². The van der Waals surface area contributed by atoms with Gasteiger partial charge in [0.05, 0.1) is 25.0 Å². The van der Waals surface area contributed by atoms with Crippen LogP contribution in [-0.4, -0.2) is 41.4 Å². The van der Waals surface area contributed by atoms with E-state index in [1.165, 1.54) is 24.2 Å². The van der Waals surface area contributed by atoms with Gasteiger partial charge in [-0.3, -0.25) is 9.36 Å². The SMILES string of the molecule is COc1ncnc(C2CC2)c1-c1ncc2ccc(=O)n(Cc3ccc(-n4nc(C(F)(F)F)cc4C4CC4)cc3)c2n1. The van der Waals surface area contributed by atoms with Gasteiger partial charge >= 0.3 is 6.18 Å².